The maximum Gasteiger partial charge on any atom is 0.340 e. The van der Waals surface area contributed by atoms with Gasteiger partial charge in [0, 0.05) is 95.0 Å². The Labute approximate surface area is 388 Å². The van der Waals surface area contributed by atoms with Crippen LogP contribution in [-0.2, 0) is 28.4 Å². The first-order valence-electron chi connectivity index (χ1n) is 23.8. The summed E-state index contributed by atoms with van der Waals surface area (Å²) in [6.07, 6.45) is 2.41. The van der Waals surface area contributed by atoms with Crippen LogP contribution in [-0.4, -0.2) is 135 Å². The molecule has 17 nitrogen and oxygen atoms in total. The minimum atomic E-state index is -1.22. The van der Waals surface area contributed by atoms with Crippen molar-refractivity contribution in [1.29, 1.82) is 0 Å². The van der Waals surface area contributed by atoms with Gasteiger partial charge in [0.1, 0.15) is 33.6 Å². The van der Waals surface area contributed by atoms with E-state index in [0.717, 1.165) is 19.3 Å². The second kappa shape index (κ2) is 18.1. The number of ether oxygens (including phenoxy) is 6. The molecule has 5 N–H and O–H groups in total. The van der Waals surface area contributed by atoms with Crippen LogP contribution in [0, 0.1) is 35.5 Å². The van der Waals surface area contributed by atoms with E-state index in [-0.39, 0.29) is 35.5 Å². The Morgan fingerprint density at radius 2 is 0.455 bits per heavy atom. The predicted octanol–water partition coefficient (Wildman–Crippen LogP) is 4.20. The van der Waals surface area contributed by atoms with Gasteiger partial charge in [0.05, 0.1) is 33.4 Å². The largest absolute Gasteiger partial charge is 0.456 e. The van der Waals surface area contributed by atoms with E-state index in [0.29, 0.717) is 65.4 Å². The molecule has 6 aliphatic rings. The quantitative estimate of drug-likeness (QED) is 0.103. The van der Waals surface area contributed by atoms with Crippen LogP contribution < -0.4 is 26.6 Å². The van der Waals surface area contributed by atoms with Crippen molar-refractivity contribution < 1.29 is 57.2 Å². The van der Waals surface area contributed by atoms with Gasteiger partial charge in [0.2, 0.25) is 0 Å². The molecule has 366 valence electrons. The molecule has 0 atom stereocenters. The van der Waals surface area contributed by atoms with Crippen molar-refractivity contribution in [2.45, 2.75) is 136 Å². The summed E-state index contributed by atoms with van der Waals surface area (Å²) in [5.74, 6) is -8.31. The van der Waals surface area contributed by atoms with Gasteiger partial charge in [-0.3, -0.25) is 0 Å². The van der Waals surface area contributed by atoms with E-state index in [1.807, 2.05) is 0 Å². The SMILES string of the molecule is CC(C)(OC(=O)c1c(C(=O)OC(C)(C)C2CNC2)c(C(=O)OC(C)(C)C2CNC2)c(C(=O)OC(C)(C)C2CNC2)c(C(=O)OC(C)(C)C2CNC2)c1C(=O)OC(C)(C)C1CNC1)C1CCC1. The summed E-state index contributed by atoms with van der Waals surface area (Å²) in [6.45, 7) is 25.6. The topological polar surface area (TPSA) is 218 Å². The molecule has 6 fully saturated rings. The number of nitrogens with one attached hydrogen (secondary N) is 5. The standard InChI is InChI=1S/C49H73N5O12/c1-44(2,26-14-13-15-26)61-38(55)32-33(39(56)62-45(3,4)27-16-50-17-27)35(41(58)64-47(7,8)29-20-52-21-29)37(43(60)66-49(11,12)31-24-54-25-31)36(42(59)65-48(9,10)30-22-53-23-30)34(32)40(57)63-46(5,6)28-18-51-19-28/h26-31,50-54H,13-25H2,1-12H3. The molecule has 0 unspecified atom stereocenters. The van der Waals surface area contributed by atoms with E-state index in [1.54, 1.807) is 83.1 Å². The van der Waals surface area contributed by atoms with Crippen LogP contribution in [0.4, 0.5) is 0 Å². The van der Waals surface area contributed by atoms with Crippen molar-refractivity contribution in [2.24, 2.45) is 35.5 Å². The van der Waals surface area contributed by atoms with E-state index in [4.69, 9.17) is 28.4 Å². The molecule has 1 saturated carbocycles. The third-order valence-corrected chi connectivity index (χ3v) is 15.8. The van der Waals surface area contributed by atoms with E-state index >= 15 is 28.8 Å². The number of hydrogen-bond acceptors (Lipinski definition) is 17. The Balaban J connectivity index is 1.57. The summed E-state index contributed by atoms with van der Waals surface area (Å²) in [6, 6.07) is 0. The molecule has 0 aromatic heterocycles. The molecule has 5 saturated heterocycles. The van der Waals surface area contributed by atoms with Crippen LogP contribution in [0.25, 0.3) is 0 Å². The molecule has 5 heterocycles. The minimum Gasteiger partial charge on any atom is -0.456 e. The van der Waals surface area contributed by atoms with Crippen molar-refractivity contribution in [1.82, 2.24) is 26.6 Å². The van der Waals surface area contributed by atoms with Crippen LogP contribution in [0.3, 0.4) is 0 Å². The highest BCUT2D eigenvalue weighted by molar-refractivity contribution is 6.24. The molecule has 1 aromatic rings. The third kappa shape index (κ3) is 9.74. The lowest BCUT2D eigenvalue weighted by Crippen LogP contribution is -2.56. The Bertz CT molecular complexity index is 1700. The Morgan fingerprint density at radius 1 is 0.303 bits per heavy atom. The zero-order chi connectivity index (χ0) is 48.4. The number of carbonyl (C=O) groups is 6. The van der Waals surface area contributed by atoms with Crippen LogP contribution in [0.5, 0.6) is 0 Å². The van der Waals surface area contributed by atoms with Crippen LogP contribution in [0.15, 0.2) is 0 Å². The minimum absolute atomic E-state index is 0.0810. The zero-order valence-corrected chi connectivity index (χ0v) is 41.1. The van der Waals surface area contributed by atoms with Crippen molar-refractivity contribution in [3.8, 4) is 0 Å². The lowest BCUT2D eigenvalue weighted by molar-refractivity contribution is -0.0535. The third-order valence-electron chi connectivity index (χ3n) is 15.8. The molecule has 0 bridgehead atoms. The zero-order valence-electron chi connectivity index (χ0n) is 41.1. The highest BCUT2D eigenvalue weighted by atomic mass is 16.6. The average Bonchev–Trinajstić information content (AvgIpc) is 2.98. The van der Waals surface area contributed by atoms with E-state index in [9.17, 15) is 0 Å². The summed E-state index contributed by atoms with van der Waals surface area (Å²) in [5, 5.41) is 15.9. The van der Waals surface area contributed by atoms with Gasteiger partial charge in [-0.15, -0.1) is 0 Å². The maximum absolute atomic E-state index is 15.5. The first-order valence-corrected chi connectivity index (χ1v) is 23.8. The molecule has 1 aliphatic carbocycles. The highest BCUT2D eigenvalue weighted by Crippen LogP contribution is 2.43. The normalized spacial score (nSPS) is 20.5. The average molecular weight is 924 g/mol. The number of carbonyl (C=O) groups excluding carboxylic acids is 6. The van der Waals surface area contributed by atoms with E-state index in [1.165, 1.54) is 0 Å². The summed E-state index contributed by atoms with van der Waals surface area (Å²) < 4.78 is 37.9. The molecule has 7 rings (SSSR count). The fourth-order valence-electron chi connectivity index (χ4n) is 9.22. The van der Waals surface area contributed by atoms with Gasteiger partial charge >= 0.3 is 35.8 Å². The van der Waals surface area contributed by atoms with Crippen LogP contribution in [0.1, 0.15) is 164 Å². The molecule has 66 heavy (non-hydrogen) atoms. The van der Waals surface area contributed by atoms with Crippen molar-refractivity contribution in [3.05, 3.63) is 33.4 Å². The van der Waals surface area contributed by atoms with Crippen LogP contribution >= 0.6 is 0 Å². The second-order valence-corrected chi connectivity index (χ2v) is 22.6. The second-order valence-electron chi connectivity index (χ2n) is 22.6. The summed E-state index contributed by atoms with van der Waals surface area (Å²) in [5.41, 5.74) is -11.8. The fraction of sp³-hybridized carbons (Fsp3) is 0.755. The van der Waals surface area contributed by atoms with Gasteiger partial charge in [0.15, 0.2) is 0 Å². The van der Waals surface area contributed by atoms with Crippen molar-refractivity contribution in [3.63, 3.8) is 0 Å². The Kier molecular flexibility index (Phi) is 13.6. The highest BCUT2D eigenvalue weighted by Gasteiger charge is 2.52. The fourth-order valence-corrected chi connectivity index (χ4v) is 9.22. The number of hydrogen-bond donors (Lipinski definition) is 5. The number of esters is 6. The number of benzene rings is 1. The molecule has 0 spiro atoms. The summed E-state index contributed by atoms with van der Waals surface area (Å²) in [4.78, 5) is 92.8. The molecule has 0 radical (unpaired) electrons. The summed E-state index contributed by atoms with van der Waals surface area (Å²) in [7, 11) is 0. The van der Waals surface area contributed by atoms with Gasteiger partial charge in [-0.25, -0.2) is 28.8 Å². The van der Waals surface area contributed by atoms with E-state index < -0.39 is 103 Å². The van der Waals surface area contributed by atoms with Crippen LogP contribution in [0.2, 0.25) is 0 Å². The Morgan fingerprint density at radius 3 is 0.561 bits per heavy atom. The molecular weight excluding hydrogens is 851 g/mol. The molecule has 17 heteroatoms. The lowest BCUT2D eigenvalue weighted by atomic mass is 9.74. The molecule has 1 aromatic carbocycles. The number of rotatable bonds is 18. The van der Waals surface area contributed by atoms with Gasteiger partial charge in [0.25, 0.3) is 0 Å². The van der Waals surface area contributed by atoms with Gasteiger partial charge in [-0.2, -0.15) is 0 Å². The maximum atomic E-state index is 15.5. The predicted molar refractivity (Wildman–Crippen MR) is 243 cm³/mol. The van der Waals surface area contributed by atoms with Crippen molar-refractivity contribution >= 4 is 35.8 Å². The van der Waals surface area contributed by atoms with Gasteiger partial charge in [-0.05, 0) is 102 Å². The first-order chi connectivity index (χ1) is 30.7. The molecule has 0 amide bonds. The summed E-state index contributed by atoms with van der Waals surface area (Å²) >= 11 is 0. The Hall–Kier alpha value is -4.16. The van der Waals surface area contributed by atoms with Crippen molar-refractivity contribution in [2.75, 3.05) is 65.4 Å². The van der Waals surface area contributed by atoms with E-state index in [2.05, 4.69) is 26.6 Å². The molecule has 5 aliphatic heterocycles. The first kappa shape index (κ1) is 49.7. The molecular formula is C49H73N5O12. The lowest BCUT2D eigenvalue weighted by Gasteiger charge is -2.42. The van der Waals surface area contributed by atoms with Gasteiger partial charge in [-0.1, -0.05) is 6.42 Å². The van der Waals surface area contributed by atoms with Gasteiger partial charge < -0.3 is 55.0 Å². The smallest absolute Gasteiger partial charge is 0.340 e. The monoisotopic (exact) mass is 924 g/mol.